The monoisotopic (exact) mass is 124 g/mol. The molecule has 1 saturated carbocycles. The molecule has 1 fully saturated rings. The van der Waals surface area contributed by atoms with Gasteiger partial charge < -0.3 is 5.11 Å². The van der Waals surface area contributed by atoms with Gasteiger partial charge >= 0.3 is 0 Å². The number of allylic oxidation sites excluding steroid dienone is 2. The summed E-state index contributed by atoms with van der Waals surface area (Å²) in [4.78, 5) is 0. The van der Waals surface area contributed by atoms with Gasteiger partial charge in [-0.05, 0) is 31.1 Å². The Hall–Kier alpha value is -0.300. The van der Waals surface area contributed by atoms with E-state index >= 15 is 0 Å². The summed E-state index contributed by atoms with van der Waals surface area (Å²) in [7, 11) is 0. The van der Waals surface area contributed by atoms with Crippen molar-refractivity contribution in [3.63, 3.8) is 0 Å². The van der Waals surface area contributed by atoms with Crippen molar-refractivity contribution in [1.29, 1.82) is 0 Å². The van der Waals surface area contributed by atoms with Crippen molar-refractivity contribution < 1.29 is 5.11 Å². The topological polar surface area (TPSA) is 20.2 Å². The molecule has 2 aliphatic carbocycles. The Bertz CT molecular complexity index is 138. The van der Waals surface area contributed by atoms with Crippen LogP contribution in [0.15, 0.2) is 12.2 Å². The molecule has 0 aromatic heterocycles. The van der Waals surface area contributed by atoms with Crippen LogP contribution in [0.1, 0.15) is 19.3 Å². The molecule has 3 atom stereocenters. The Morgan fingerprint density at radius 1 is 1.33 bits per heavy atom. The Balaban J connectivity index is 2.17. The summed E-state index contributed by atoms with van der Waals surface area (Å²) < 4.78 is 0. The minimum atomic E-state index is 0.00463. The minimum Gasteiger partial charge on any atom is -0.393 e. The van der Waals surface area contributed by atoms with Gasteiger partial charge in [-0.2, -0.15) is 0 Å². The van der Waals surface area contributed by atoms with Crippen LogP contribution in [0.5, 0.6) is 0 Å². The molecule has 50 valence electrons. The molecule has 1 nitrogen and oxygen atoms in total. The number of fused-ring (bicyclic) bond motifs is 2. The summed E-state index contributed by atoms with van der Waals surface area (Å²) >= 11 is 0. The second kappa shape index (κ2) is 1.84. The Morgan fingerprint density at radius 3 is 2.89 bits per heavy atom. The van der Waals surface area contributed by atoms with Gasteiger partial charge in [0.1, 0.15) is 0 Å². The number of aliphatic hydroxyl groups excluding tert-OH is 1. The van der Waals surface area contributed by atoms with E-state index in [9.17, 15) is 5.11 Å². The average molecular weight is 124 g/mol. The maximum atomic E-state index is 9.36. The lowest BCUT2D eigenvalue weighted by Gasteiger charge is -2.12. The smallest absolute Gasteiger partial charge is 0.0577 e. The van der Waals surface area contributed by atoms with Gasteiger partial charge in [0, 0.05) is 0 Å². The summed E-state index contributed by atoms with van der Waals surface area (Å²) in [6.07, 6.45) is 7.84. The van der Waals surface area contributed by atoms with E-state index in [-0.39, 0.29) is 6.10 Å². The zero-order valence-electron chi connectivity index (χ0n) is 5.46. The van der Waals surface area contributed by atoms with Crippen molar-refractivity contribution in [2.24, 2.45) is 11.8 Å². The fourth-order valence-electron chi connectivity index (χ4n) is 2.00. The molecule has 0 aromatic carbocycles. The number of rotatable bonds is 0. The zero-order chi connectivity index (χ0) is 6.27. The summed E-state index contributed by atoms with van der Waals surface area (Å²) in [5.41, 5.74) is 0. The Labute approximate surface area is 55.4 Å². The molecule has 0 unspecified atom stereocenters. The third kappa shape index (κ3) is 0.799. The maximum absolute atomic E-state index is 9.36. The molecule has 2 rings (SSSR count). The Kier molecular flexibility index (Phi) is 1.12. The summed E-state index contributed by atoms with van der Waals surface area (Å²) in [6.45, 7) is 0. The molecule has 9 heavy (non-hydrogen) atoms. The average Bonchev–Trinajstić information content (AvgIpc) is 2.09. The number of hydrogen-bond acceptors (Lipinski definition) is 1. The van der Waals surface area contributed by atoms with E-state index in [2.05, 4.69) is 12.2 Å². The third-order valence-corrected chi connectivity index (χ3v) is 2.54. The molecule has 0 radical (unpaired) electrons. The lowest BCUT2D eigenvalue weighted by atomic mass is 9.95. The first-order chi connectivity index (χ1) is 4.36. The maximum Gasteiger partial charge on any atom is 0.0577 e. The van der Waals surface area contributed by atoms with E-state index in [1.54, 1.807) is 0 Å². The first-order valence-corrected chi connectivity index (χ1v) is 3.71. The van der Waals surface area contributed by atoms with Crippen LogP contribution in [0.25, 0.3) is 0 Å². The van der Waals surface area contributed by atoms with Crippen LogP contribution in [0.3, 0.4) is 0 Å². The largest absolute Gasteiger partial charge is 0.393 e. The molecular formula is C8H12O. The molecule has 0 aromatic rings. The standard InChI is InChI=1S/C8H12O/c9-8-5-6-2-1-3-7(8)4-6/h1-2,6-9H,3-5H2/t6-,7+,8+/m0/s1. The molecule has 0 heterocycles. The highest BCUT2D eigenvalue weighted by Crippen LogP contribution is 2.37. The first kappa shape index (κ1) is 5.48. The van der Waals surface area contributed by atoms with Gasteiger partial charge in [0.15, 0.2) is 0 Å². The predicted octanol–water partition coefficient (Wildman–Crippen LogP) is 1.33. The van der Waals surface area contributed by atoms with Crippen molar-refractivity contribution in [1.82, 2.24) is 0 Å². The van der Waals surface area contributed by atoms with Crippen molar-refractivity contribution in [3.8, 4) is 0 Å². The SMILES string of the molecule is O[C@@H]1C[C@H]2C=CC[C@@H]1C2. The predicted molar refractivity (Wildman–Crippen MR) is 36.0 cm³/mol. The van der Waals surface area contributed by atoms with Gasteiger partial charge in [-0.15, -0.1) is 0 Å². The van der Waals surface area contributed by atoms with Gasteiger partial charge in [0.05, 0.1) is 6.10 Å². The van der Waals surface area contributed by atoms with Crippen LogP contribution < -0.4 is 0 Å². The van der Waals surface area contributed by atoms with E-state index in [1.807, 2.05) is 0 Å². The molecule has 0 saturated heterocycles. The van der Waals surface area contributed by atoms with Crippen LogP contribution >= 0.6 is 0 Å². The van der Waals surface area contributed by atoms with Crippen LogP contribution in [-0.2, 0) is 0 Å². The highest BCUT2D eigenvalue weighted by Gasteiger charge is 2.32. The van der Waals surface area contributed by atoms with Gasteiger partial charge in [0.25, 0.3) is 0 Å². The second-order valence-electron chi connectivity index (χ2n) is 3.22. The minimum absolute atomic E-state index is 0.00463. The van der Waals surface area contributed by atoms with Crippen LogP contribution in [0, 0.1) is 11.8 Å². The molecular weight excluding hydrogens is 112 g/mol. The molecule has 2 aliphatic rings. The van der Waals surface area contributed by atoms with E-state index in [4.69, 9.17) is 0 Å². The van der Waals surface area contributed by atoms with Crippen LogP contribution in [-0.4, -0.2) is 11.2 Å². The first-order valence-electron chi connectivity index (χ1n) is 3.71. The third-order valence-electron chi connectivity index (χ3n) is 2.54. The highest BCUT2D eigenvalue weighted by atomic mass is 16.3. The molecule has 0 spiro atoms. The Morgan fingerprint density at radius 2 is 2.22 bits per heavy atom. The quantitative estimate of drug-likeness (QED) is 0.483. The van der Waals surface area contributed by atoms with Gasteiger partial charge in [0.2, 0.25) is 0 Å². The van der Waals surface area contributed by atoms with Crippen molar-refractivity contribution in [2.45, 2.75) is 25.4 Å². The molecule has 2 bridgehead atoms. The van der Waals surface area contributed by atoms with Gasteiger partial charge in [-0.1, -0.05) is 12.2 Å². The number of hydrogen-bond donors (Lipinski definition) is 1. The molecule has 0 aliphatic heterocycles. The number of aliphatic hydroxyl groups is 1. The van der Waals surface area contributed by atoms with Crippen LogP contribution in [0.2, 0.25) is 0 Å². The highest BCUT2D eigenvalue weighted by molar-refractivity contribution is 5.03. The lowest BCUT2D eigenvalue weighted by molar-refractivity contribution is 0.134. The van der Waals surface area contributed by atoms with Crippen molar-refractivity contribution in [2.75, 3.05) is 0 Å². The van der Waals surface area contributed by atoms with E-state index in [0.29, 0.717) is 11.8 Å². The fourth-order valence-corrected chi connectivity index (χ4v) is 2.00. The second-order valence-corrected chi connectivity index (χ2v) is 3.22. The lowest BCUT2D eigenvalue weighted by Crippen LogP contribution is -2.11. The van der Waals surface area contributed by atoms with Crippen molar-refractivity contribution >= 4 is 0 Å². The molecule has 0 amide bonds. The fraction of sp³-hybridized carbons (Fsp3) is 0.750. The molecule has 1 N–H and O–H groups in total. The van der Waals surface area contributed by atoms with E-state index in [0.717, 1.165) is 12.8 Å². The normalized spacial score (nSPS) is 47.9. The summed E-state index contributed by atoms with van der Waals surface area (Å²) in [5.74, 6) is 1.30. The van der Waals surface area contributed by atoms with E-state index < -0.39 is 0 Å². The molecule has 1 heteroatoms. The summed E-state index contributed by atoms with van der Waals surface area (Å²) in [6, 6.07) is 0. The zero-order valence-corrected chi connectivity index (χ0v) is 5.46. The van der Waals surface area contributed by atoms with E-state index in [1.165, 1.54) is 6.42 Å². The van der Waals surface area contributed by atoms with Crippen molar-refractivity contribution in [3.05, 3.63) is 12.2 Å². The van der Waals surface area contributed by atoms with Gasteiger partial charge in [-0.25, -0.2) is 0 Å². The van der Waals surface area contributed by atoms with Gasteiger partial charge in [-0.3, -0.25) is 0 Å². The summed E-state index contributed by atoms with van der Waals surface area (Å²) in [5, 5.41) is 9.36. The van der Waals surface area contributed by atoms with Crippen LogP contribution in [0.4, 0.5) is 0 Å².